The summed E-state index contributed by atoms with van der Waals surface area (Å²) in [7, 11) is -2.64. The average Bonchev–Trinajstić information content (AvgIpc) is 2.85. The molecule has 0 saturated carbocycles. The summed E-state index contributed by atoms with van der Waals surface area (Å²) in [5.74, 6) is -0.889. The molecule has 0 bridgehead atoms. The first-order valence-electron chi connectivity index (χ1n) is 11.5. The maximum absolute atomic E-state index is 13.8. The summed E-state index contributed by atoms with van der Waals surface area (Å²) >= 11 is 9.56. The highest BCUT2D eigenvalue weighted by Gasteiger charge is 2.33. The molecule has 0 fully saturated rings. The Morgan fingerprint density at radius 1 is 1.03 bits per heavy atom. The van der Waals surface area contributed by atoms with E-state index in [1.807, 2.05) is 31.2 Å². The average molecular weight is 607 g/mol. The van der Waals surface area contributed by atoms with Gasteiger partial charge >= 0.3 is 0 Å². The van der Waals surface area contributed by atoms with Crippen molar-refractivity contribution in [2.75, 3.05) is 17.9 Å². The number of rotatable bonds is 9. The van der Waals surface area contributed by atoms with Crippen molar-refractivity contribution in [2.24, 2.45) is 0 Å². The Morgan fingerprint density at radius 3 is 2.30 bits per heavy atom. The zero-order valence-electron chi connectivity index (χ0n) is 21.0. The SMILES string of the molecule is CNC(=O)[C@H](C)N(Cc1cccc(Br)c1)C(=O)CN(c1ccc(Cl)cc1C)S(=O)(=O)c1ccc(C)cc1. The molecule has 0 aliphatic carbocycles. The summed E-state index contributed by atoms with van der Waals surface area (Å²) in [6, 6.07) is 17.8. The third-order valence-corrected chi connectivity index (χ3v) is 8.47. The Kier molecular flexibility index (Phi) is 9.39. The first kappa shape index (κ1) is 28.7. The van der Waals surface area contributed by atoms with E-state index in [0.717, 1.165) is 19.9 Å². The van der Waals surface area contributed by atoms with Crippen LogP contribution in [0, 0.1) is 13.8 Å². The zero-order valence-corrected chi connectivity index (χ0v) is 24.2. The van der Waals surface area contributed by atoms with Gasteiger partial charge in [0, 0.05) is 23.1 Å². The lowest BCUT2D eigenvalue weighted by molar-refractivity contribution is -0.139. The molecule has 0 saturated heterocycles. The van der Waals surface area contributed by atoms with E-state index in [2.05, 4.69) is 21.2 Å². The Hall–Kier alpha value is -2.88. The lowest BCUT2D eigenvalue weighted by Gasteiger charge is -2.32. The summed E-state index contributed by atoms with van der Waals surface area (Å²) in [5, 5.41) is 3.02. The standard InChI is InChI=1S/C27H29BrClN3O4S/c1-18-8-11-24(12-9-18)37(35,36)32(25-13-10-23(29)14-19(25)2)17-26(33)31(20(3)27(34)30-4)16-21-6-5-7-22(28)15-21/h5-15,20H,16-17H2,1-4H3,(H,30,34)/t20-/m0/s1. The fourth-order valence-electron chi connectivity index (χ4n) is 3.87. The zero-order chi connectivity index (χ0) is 27.3. The summed E-state index contributed by atoms with van der Waals surface area (Å²) in [6.45, 7) is 4.82. The normalized spacial score (nSPS) is 12.1. The number of likely N-dealkylation sites (N-methyl/N-ethyl adjacent to an activating group) is 1. The van der Waals surface area contributed by atoms with Gasteiger partial charge in [0.15, 0.2) is 0 Å². The van der Waals surface area contributed by atoms with Gasteiger partial charge in [-0.25, -0.2) is 8.42 Å². The van der Waals surface area contributed by atoms with Crippen LogP contribution in [0.2, 0.25) is 5.02 Å². The van der Waals surface area contributed by atoms with Crippen molar-refractivity contribution in [3.8, 4) is 0 Å². The number of nitrogens with zero attached hydrogens (tertiary/aromatic N) is 2. The van der Waals surface area contributed by atoms with E-state index in [1.165, 1.54) is 24.1 Å². The van der Waals surface area contributed by atoms with Crippen LogP contribution in [-0.2, 0) is 26.2 Å². The van der Waals surface area contributed by atoms with Gasteiger partial charge in [0.25, 0.3) is 10.0 Å². The first-order valence-corrected chi connectivity index (χ1v) is 14.2. The molecule has 7 nitrogen and oxygen atoms in total. The Labute approximate surface area is 231 Å². The molecular formula is C27H29BrClN3O4S. The summed E-state index contributed by atoms with van der Waals surface area (Å²) in [4.78, 5) is 27.8. The highest BCUT2D eigenvalue weighted by molar-refractivity contribution is 9.10. The van der Waals surface area contributed by atoms with Gasteiger partial charge in [-0.2, -0.15) is 0 Å². The lowest BCUT2D eigenvalue weighted by Crippen LogP contribution is -2.50. The third-order valence-electron chi connectivity index (χ3n) is 5.97. The van der Waals surface area contributed by atoms with Gasteiger partial charge in [-0.1, -0.05) is 57.4 Å². The molecule has 0 aliphatic heterocycles. The van der Waals surface area contributed by atoms with Crippen LogP contribution in [0.15, 0.2) is 76.1 Å². The Morgan fingerprint density at radius 2 is 1.70 bits per heavy atom. The number of anilines is 1. The molecule has 3 aromatic carbocycles. The van der Waals surface area contributed by atoms with E-state index < -0.39 is 28.5 Å². The Balaban J connectivity index is 2.07. The number of hydrogen-bond donors (Lipinski definition) is 1. The molecule has 0 spiro atoms. The summed E-state index contributed by atoms with van der Waals surface area (Å²) < 4.78 is 29.6. The van der Waals surface area contributed by atoms with Crippen LogP contribution in [0.5, 0.6) is 0 Å². The van der Waals surface area contributed by atoms with Gasteiger partial charge in [-0.15, -0.1) is 0 Å². The third kappa shape index (κ3) is 6.91. The van der Waals surface area contributed by atoms with Crippen molar-refractivity contribution in [3.05, 3.63) is 92.9 Å². The van der Waals surface area contributed by atoms with Crippen LogP contribution >= 0.6 is 27.5 Å². The fourth-order valence-corrected chi connectivity index (χ4v) is 6.03. The molecule has 196 valence electrons. The van der Waals surface area contributed by atoms with Crippen LogP contribution in [-0.4, -0.2) is 44.8 Å². The predicted octanol–water partition coefficient (Wildman–Crippen LogP) is 5.08. The second-order valence-electron chi connectivity index (χ2n) is 8.70. The molecule has 0 aliphatic rings. The van der Waals surface area contributed by atoms with Gasteiger partial charge in [0.1, 0.15) is 12.6 Å². The predicted molar refractivity (Wildman–Crippen MR) is 150 cm³/mol. The number of hydrogen-bond acceptors (Lipinski definition) is 4. The Bertz CT molecular complexity index is 1400. The van der Waals surface area contributed by atoms with Crippen LogP contribution in [0.4, 0.5) is 5.69 Å². The second-order valence-corrected chi connectivity index (χ2v) is 11.9. The van der Waals surface area contributed by atoms with E-state index in [0.29, 0.717) is 16.3 Å². The molecule has 10 heteroatoms. The number of halogens is 2. The van der Waals surface area contributed by atoms with Crippen molar-refractivity contribution in [2.45, 2.75) is 38.3 Å². The number of amides is 2. The molecule has 3 aromatic rings. The quantitative estimate of drug-likeness (QED) is 0.368. The molecule has 1 atom stereocenters. The monoisotopic (exact) mass is 605 g/mol. The fraction of sp³-hybridized carbons (Fsp3) is 0.259. The molecule has 0 heterocycles. The second kappa shape index (κ2) is 12.1. The largest absolute Gasteiger partial charge is 0.357 e. The highest BCUT2D eigenvalue weighted by atomic mass is 79.9. The van der Waals surface area contributed by atoms with Crippen LogP contribution in [0.25, 0.3) is 0 Å². The van der Waals surface area contributed by atoms with Crippen molar-refractivity contribution in [3.63, 3.8) is 0 Å². The number of sulfonamides is 1. The summed E-state index contributed by atoms with van der Waals surface area (Å²) in [6.07, 6.45) is 0. The molecule has 0 unspecified atom stereocenters. The minimum atomic E-state index is -4.13. The lowest BCUT2D eigenvalue weighted by atomic mass is 10.1. The molecule has 3 rings (SSSR count). The van der Waals surface area contributed by atoms with Crippen molar-refractivity contribution in [1.82, 2.24) is 10.2 Å². The van der Waals surface area contributed by atoms with Crippen LogP contribution in [0.1, 0.15) is 23.6 Å². The maximum atomic E-state index is 13.8. The van der Waals surface area contributed by atoms with Crippen molar-refractivity contribution < 1.29 is 18.0 Å². The maximum Gasteiger partial charge on any atom is 0.264 e. The van der Waals surface area contributed by atoms with Crippen LogP contribution in [0.3, 0.4) is 0 Å². The highest BCUT2D eigenvalue weighted by Crippen LogP contribution is 2.29. The number of carbonyl (C=O) groups excluding carboxylic acids is 2. The van der Waals surface area contributed by atoms with E-state index in [1.54, 1.807) is 44.2 Å². The van der Waals surface area contributed by atoms with Gasteiger partial charge in [-0.05, 0) is 74.4 Å². The minimum absolute atomic E-state index is 0.0538. The van der Waals surface area contributed by atoms with Gasteiger partial charge in [0.05, 0.1) is 10.6 Å². The summed E-state index contributed by atoms with van der Waals surface area (Å²) in [5.41, 5.74) is 2.61. The number of benzene rings is 3. The van der Waals surface area contributed by atoms with Crippen LogP contribution < -0.4 is 9.62 Å². The number of carbonyl (C=O) groups is 2. The number of aryl methyl sites for hydroxylation is 2. The van der Waals surface area contributed by atoms with E-state index in [4.69, 9.17) is 11.6 Å². The molecule has 0 radical (unpaired) electrons. The minimum Gasteiger partial charge on any atom is -0.357 e. The molecule has 1 N–H and O–H groups in total. The van der Waals surface area contributed by atoms with Crippen molar-refractivity contribution in [1.29, 1.82) is 0 Å². The van der Waals surface area contributed by atoms with E-state index >= 15 is 0 Å². The first-order chi connectivity index (χ1) is 17.4. The van der Waals surface area contributed by atoms with Gasteiger partial charge in [-0.3, -0.25) is 13.9 Å². The van der Waals surface area contributed by atoms with E-state index in [9.17, 15) is 18.0 Å². The van der Waals surface area contributed by atoms with E-state index in [-0.39, 0.29) is 17.3 Å². The molecule has 37 heavy (non-hydrogen) atoms. The van der Waals surface area contributed by atoms with Gasteiger partial charge < -0.3 is 10.2 Å². The smallest absolute Gasteiger partial charge is 0.264 e. The van der Waals surface area contributed by atoms with Crippen molar-refractivity contribution >= 4 is 55.1 Å². The molecule has 2 amide bonds. The topological polar surface area (TPSA) is 86.8 Å². The number of nitrogens with one attached hydrogen (secondary N) is 1. The molecular weight excluding hydrogens is 578 g/mol. The molecule has 0 aromatic heterocycles. The van der Waals surface area contributed by atoms with Gasteiger partial charge in [0.2, 0.25) is 11.8 Å².